The van der Waals surface area contributed by atoms with E-state index in [2.05, 4.69) is 25.6 Å². The highest BCUT2D eigenvalue weighted by molar-refractivity contribution is 5.93. The molecule has 9 nitrogen and oxygen atoms in total. The number of nitrogen functional groups attached to an aromatic ring is 1. The predicted molar refractivity (Wildman–Crippen MR) is 77.0 cm³/mol. The number of H-pyrrole nitrogens is 1. The zero-order chi connectivity index (χ0) is 15.3. The number of aromatic hydroxyl groups is 1. The van der Waals surface area contributed by atoms with Gasteiger partial charge in [-0.2, -0.15) is 5.21 Å². The van der Waals surface area contributed by atoms with Gasteiger partial charge in [0.15, 0.2) is 11.1 Å². The SMILES string of the molecule is Nc1nc2c(=O)c3c(O)cccc3oc2cc1-c1nn[nH]n1. The van der Waals surface area contributed by atoms with Crippen LogP contribution in [0.5, 0.6) is 5.75 Å². The standard InChI is InChI=1S/C13H8N6O3/c14-12-5(13-16-18-19-17-13)4-8-10(15-12)11(21)9-6(20)2-1-3-7(9)22-8/h1-4,20H,(H2,14,15)(H,16,17,18,19). The number of phenols is 1. The third-order valence-electron chi connectivity index (χ3n) is 3.27. The average molecular weight is 296 g/mol. The fraction of sp³-hybridized carbons (Fsp3) is 0. The van der Waals surface area contributed by atoms with Gasteiger partial charge in [0, 0.05) is 0 Å². The summed E-state index contributed by atoms with van der Waals surface area (Å²) in [4.78, 5) is 16.5. The minimum Gasteiger partial charge on any atom is -0.507 e. The number of hydrogen-bond donors (Lipinski definition) is 3. The molecule has 3 aromatic heterocycles. The summed E-state index contributed by atoms with van der Waals surface area (Å²) in [5, 5.41) is 23.3. The second kappa shape index (κ2) is 4.25. The number of nitrogens with one attached hydrogen (secondary N) is 1. The summed E-state index contributed by atoms with van der Waals surface area (Å²) in [5.41, 5.74) is 6.29. The number of aromatic nitrogens is 5. The van der Waals surface area contributed by atoms with Crippen LogP contribution in [0.25, 0.3) is 33.5 Å². The molecule has 0 saturated carbocycles. The number of phenolic OH excluding ortho intramolecular Hbond substituents is 1. The molecule has 22 heavy (non-hydrogen) atoms. The first kappa shape index (κ1) is 12.3. The molecule has 0 saturated heterocycles. The van der Waals surface area contributed by atoms with Crippen molar-refractivity contribution in [2.75, 3.05) is 5.73 Å². The van der Waals surface area contributed by atoms with Gasteiger partial charge in [0.2, 0.25) is 11.3 Å². The third kappa shape index (κ3) is 1.62. The molecule has 4 N–H and O–H groups in total. The Morgan fingerprint density at radius 2 is 2.14 bits per heavy atom. The van der Waals surface area contributed by atoms with E-state index < -0.39 is 5.43 Å². The average Bonchev–Trinajstić information content (AvgIpc) is 3.02. The molecule has 0 fully saturated rings. The zero-order valence-corrected chi connectivity index (χ0v) is 10.9. The fourth-order valence-corrected chi connectivity index (χ4v) is 2.27. The molecule has 0 atom stereocenters. The van der Waals surface area contributed by atoms with Crippen LogP contribution in [0, 0.1) is 0 Å². The van der Waals surface area contributed by atoms with Crippen molar-refractivity contribution in [2.45, 2.75) is 0 Å². The monoisotopic (exact) mass is 296 g/mol. The lowest BCUT2D eigenvalue weighted by molar-refractivity contribution is 0.480. The summed E-state index contributed by atoms with van der Waals surface area (Å²) in [6.07, 6.45) is 0. The third-order valence-corrected chi connectivity index (χ3v) is 3.27. The second-order valence-corrected chi connectivity index (χ2v) is 4.58. The molecule has 0 amide bonds. The molecule has 0 bridgehead atoms. The number of fused-ring (bicyclic) bond motifs is 2. The molecular weight excluding hydrogens is 288 g/mol. The Bertz CT molecular complexity index is 1070. The number of tetrazole rings is 1. The maximum atomic E-state index is 12.5. The van der Waals surface area contributed by atoms with Crippen LogP contribution in [0.1, 0.15) is 0 Å². The van der Waals surface area contributed by atoms with Gasteiger partial charge in [-0.05, 0) is 23.4 Å². The van der Waals surface area contributed by atoms with E-state index in [0.29, 0.717) is 5.56 Å². The van der Waals surface area contributed by atoms with Gasteiger partial charge >= 0.3 is 0 Å². The first-order chi connectivity index (χ1) is 10.6. The first-order valence-corrected chi connectivity index (χ1v) is 6.24. The zero-order valence-electron chi connectivity index (χ0n) is 10.9. The molecule has 0 spiro atoms. The van der Waals surface area contributed by atoms with Crippen molar-refractivity contribution < 1.29 is 9.52 Å². The van der Waals surface area contributed by atoms with E-state index in [4.69, 9.17) is 10.2 Å². The molecule has 0 aliphatic carbocycles. The van der Waals surface area contributed by atoms with Crippen LogP contribution in [-0.2, 0) is 0 Å². The van der Waals surface area contributed by atoms with E-state index in [1.807, 2.05) is 0 Å². The highest BCUT2D eigenvalue weighted by Crippen LogP contribution is 2.28. The molecule has 3 heterocycles. The highest BCUT2D eigenvalue weighted by Gasteiger charge is 2.17. The Labute approximate surface area is 121 Å². The van der Waals surface area contributed by atoms with Crippen LogP contribution in [0.4, 0.5) is 5.82 Å². The molecule has 9 heteroatoms. The largest absolute Gasteiger partial charge is 0.507 e. The number of anilines is 1. The first-order valence-electron chi connectivity index (χ1n) is 6.24. The second-order valence-electron chi connectivity index (χ2n) is 4.58. The van der Waals surface area contributed by atoms with Gasteiger partial charge in [-0.15, -0.1) is 10.2 Å². The molecule has 4 rings (SSSR count). The van der Waals surface area contributed by atoms with E-state index in [9.17, 15) is 9.90 Å². The van der Waals surface area contributed by atoms with Crippen molar-refractivity contribution in [2.24, 2.45) is 0 Å². The number of pyridine rings is 1. The minimum atomic E-state index is -0.458. The Hall–Kier alpha value is -3.49. The number of nitrogens with zero attached hydrogens (tertiary/aromatic N) is 4. The maximum Gasteiger partial charge on any atom is 0.222 e. The summed E-state index contributed by atoms with van der Waals surface area (Å²) in [6.45, 7) is 0. The summed E-state index contributed by atoms with van der Waals surface area (Å²) in [5.74, 6) is 0.136. The number of nitrogens with two attached hydrogens (primary N) is 1. The van der Waals surface area contributed by atoms with Crippen molar-refractivity contribution in [1.82, 2.24) is 25.6 Å². The van der Waals surface area contributed by atoms with Crippen LogP contribution in [0.3, 0.4) is 0 Å². The van der Waals surface area contributed by atoms with E-state index in [1.165, 1.54) is 12.1 Å². The van der Waals surface area contributed by atoms with E-state index in [-0.39, 0.29) is 39.5 Å². The van der Waals surface area contributed by atoms with Crippen LogP contribution < -0.4 is 11.2 Å². The summed E-state index contributed by atoms with van der Waals surface area (Å²) in [7, 11) is 0. The van der Waals surface area contributed by atoms with Crippen LogP contribution in [0.15, 0.2) is 33.5 Å². The van der Waals surface area contributed by atoms with Gasteiger partial charge in [0.05, 0.1) is 5.56 Å². The molecule has 0 radical (unpaired) electrons. The Morgan fingerprint density at radius 3 is 2.91 bits per heavy atom. The van der Waals surface area contributed by atoms with Crippen molar-refractivity contribution >= 4 is 27.9 Å². The van der Waals surface area contributed by atoms with Crippen molar-refractivity contribution in [3.05, 3.63) is 34.5 Å². The lowest BCUT2D eigenvalue weighted by atomic mass is 10.1. The lowest BCUT2D eigenvalue weighted by Gasteiger charge is -2.05. The highest BCUT2D eigenvalue weighted by atomic mass is 16.3. The quantitative estimate of drug-likeness (QED) is 0.438. The molecule has 0 unspecified atom stereocenters. The van der Waals surface area contributed by atoms with Crippen LogP contribution in [0.2, 0.25) is 0 Å². The van der Waals surface area contributed by atoms with Crippen LogP contribution in [-0.4, -0.2) is 30.7 Å². The molecule has 0 aliphatic heterocycles. The van der Waals surface area contributed by atoms with E-state index >= 15 is 0 Å². The number of aromatic amines is 1. The fourth-order valence-electron chi connectivity index (χ4n) is 2.27. The molecule has 1 aromatic carbocycles. The normalized spacial score (nSPS) is 11.3. The van der Waals surface area contributed by atoms with Crippen molar-refractivity contribution in [1.29, 1.82) is 0 Å². The van der Waals surface area contributed by atoms with E-state index in [0.717, 1.165) is 0 Å². The molecular formula is C13H8N6O3. The minimum absolute atomic E-state index is 0.0266. The smallest absolute Gasteiger partial charge is 0.222 e. The van der Waals surface area contributed by atoms with Crippen LogP contribution >= 0.6 is 0 Å². The van der Waals surface area contributed by atoms with Gasteiger partial charge < -0.3 is 15.3 Å². The Morgan fingerprint density at radius 1 is 1.27 bits per heavy atom. The predicted octanol–water partition coefficient (Wildman–Crippen LogP) is 0.809. The summed E-state index contributed by atoms with van der Waals surface area (Å²) >= 11 is 0. The number of hydrogen-bond acceptors (Lipinski definition) is 8. The van der Waals surface area contributed by atoms with E-state index in [1.54, 1.807) is 12.1 Å². The number of benzene rings is 1. The van der Waals surface area contributed by atoms with Crippen molar-refractivity contribution in [3.63, 3.8) is 0 Å². The Kier molecular flexibility index (Phi) is 2.37. The Balaban J connectivity index is 2.14. The van der Waals surface area contributed by atoms with Gasteiger partial charge in [-0.3, -0.25) is 4.79 Å². The van der Waals surface area contributed by atoms with Gasteiger partial charge in [-0.25, -0.2) is 4.98 Å². The number of rotatable bonds is 1. The molecule has 4 aromatic rings. The summed E-state index contributed by atoms with van der Waals surface area (Å²) < 4.78 is 5.64. The molecule has 108 valence electrons. The molecule has 0 aliphatic rings. The lowest BCUT2D eigenvalue weighted by Crippen LogP contribution is -2.07. The van der Waals surface area contributed by atoms with Crippen molar-refractivity contribution in [3.8, 4) is 17.1 Å². The van der Waals surface area contributed by atoms with Gasteiger partial charge in [-0.1, -0.05) is 6.07 Å². The summed E-state index contributed by atoms with van der Waals surface area (Å²) in [6, 6.07) is 6.09. The maximum absolute atomic E-state index is 12.5. The van der Waals surface area contributed by atoms with Gasteiger partial charge in [0.1, 0.15) is 22.5 Å². The van der Waals surface area contributed by atoms with Gasteiger partial charge in [0.25, 0.3) is 0 Å². The topological polar surface area (TPSA) is 144 Å².